The molecule has 0 saturated carbocycles. The van der Waals surface area contributed by atoms with Gasteiger partial charge in [-0.1, -0.05) is 0 Å². The first-order valence-electron chi connectivity index (χ1n) is 5.40. The van der Waals surface area contributed by atoms with Gasteiger partial charge in [0.15, 0.2) is 0 Å². The zero-order chi connectivity index (χ0) is 11.5. The summed E-state index contributed by atoms with van der Waals surface area (Å²) in [4.78, 5) is 0. The molecule has 2 aromatic heterocycles. The maximum Gasteiger partial charge on any atom is 0.0828 e. The third kappa shape index (κ3) is 2.30. The molecule has 0 aliphatic heterocycles. The van der Waals surface area contributed by atoms with Gasteiger partial charge in [0.25, 0.3) is 0 Å². The van der Waals surface area contributed by atoms with Crippen LogP contribution in [0.2, 0.25) is 0 Å². The van der Waals surface area contributed by atoms with Crippen molar-refractivity contribution in [3.63, 3.8) is 0 Å². The van der Waals surface area contributed by atoms with E-state index in [0.29, 0.717) is 6.54 Å². The van der Waals surface area contributed by atoms with Crippen molar-refractivity contribution in [3.05, 3.63) is 35.4 Å². The number of hydrogen-bond donors (Lipinski definition) is 1. The van der Waals surface area contributed by atoms with Crippen LogP contribution in [0, 0.1) is 6.92 Å². The molecule has 0 amide bonds. The molecule has 0 atom stereocenters. The van der Waals surface area contributed by atoms with Crippen LogP contribution >= 0.6 is 0 Å². The topological polar surface area (TPSA) is 61.7 Å². The van der Waals surface area contributed by atoms with Crippen molar-refractivity contribution < 1.29 is 0 Å². The molecule has 0 spiro atoms. The summed E-state index contributed by atoms with van der Waals surface area (Å²) >= 11 is 0. The van der Waals surface area contributed by atoms with Crippen molar-refractivity contribution in [2.24, 2.45) is 12.8 Å². The molecular formula is C11H17N5. The fraction of sp³-hybridized carbons (Fsp3) is 0.455. The zero-order valence-electron chi connectivity index (χ0n) is 9.72. The van der Waals surface area contributed by atoms with Gasteiger partial charge in [-0.2, -0.15) is 10.2 Å². The summed E-state index contributed by atoms with van der Waals surface area (Å²) in [6, 6.07) is 2.07. The van der Waals surface area contributed by atoms with E-state index in [2.05, 4.69) is 16.3 Å². The zero-order valence-corrected chi connectivity index (χ0v) is 9.72. The smallest absolute Gasteiger partial charge is 0.0828 e. The average Bonchev–Trinajstić information content (AvgIpc) is 2.76. The maximum absolute atomic E-state index is 5.50. The number of rotatable bonds is 4. The van der Waals surface area contributed by atoms with E-state index in [0.717, 1.165) is 24.4 Å². The van der Waals surface area contributed by atoms with Gasteiger partial charge in [0.1, 0.15) is 0 Å². The fourth-order valence-electron chi connectivity index (χ4n) is 1.77. The van der Waals surface area contributed by atoms with Crippen LogP contribution in [0.25, 0.3) is 0 Å². The van der Waals surface area contributed by atoms with Crippen molar-refractivity contribution in [2.45, 2.75) is 19.9 Å². The standard InChI is InChI=1S/C11H17N5/c1-9-5-11(15(2)14-9)8-16-7-10(3-4-12)6-13-16/h5-7H,3-4,8,12H2,1-2H3. The molecular weight excluding hydrogens is 202 g/mol. The Morgan fingerprint density at radius 1 is 1.44 bits per heavy atom. The van der Waals surface area contributed by atoms with E-state index in [-0.39, 0.29) is 0 Å². The Hall–Kier alpha value is -1.62. The van der Waals surface area contributed by atoms with Crippen LogP contribution in [0.1, 0.15) is 17.0 Å². The third-order valence-corrected chi connectivity index (χ3v) is 2.54. The molecule has 0 fully saturated rings. The normalized spacial score (nSPS) is 10.9. The van der Waals surface area contributed by atoms with Crippen molar-refractivity contribution in [2.75, 3.05) is 6.54 Å². The van der Waals surface area contributed by atoms with Gasteiger partial charge in [0, 0.05) is 13.2 Å². The Bertz CT molecular complexity index is 468. The molecule has 0 saturated heterocycles. The minimum absolute atomic E-state index is 0.663. The molecule has 0 radical (unpaired) electrons. The molecule has 2 N–H and O–H groups in total. The molecule has 0 aliphatic rings. The monoisotopic (exact) mass is 219 g/mol. The number of aryl methyl sites for hydroxylation is 2. The van der Waals surface area contributed by atoms with Crippen LogP contribution in [-0.2, 0) is 20.0 Å². The predicted octanol–water partition coefficient (Wildman–Crippen LogP) is 0.475. The van der Waals surface area contributed by atoms with Gasteiger partial charge in [-0.05, 0) is 31.5 Å². The van der Waals surface area contributed by atoms with Gasteiger partial charge in [-0.15, -0.1) is 0 Å². The van der Waals surface area contributed by atoms with Crippen LogP contribution in [0.4, 0.5) is 0 Å². The van der Waals surface area contributed by atoms with E-state index in [1.807, 2.05) is 35.7 Å². The van der Waals surface area contributed by atoms with Crippen LogP contribution in [0.5, 0.6) is 0 Å². The summed E-state index contributed by atoms with van der Waals surface area (Å²) in [6.45, 7) is 3.41. The highest BCUT2D eigenvalue weighted by atomic mass is 15.3. The Labute approximate surface area is 94.9 Å². The van der Waals surface area contributed by atoms with Gasteiger partial charge >= 0.3 is 0 Å². The maximum atomic E-state index is 5.50. The fourth-order valence-corrected chi connectivity index (χ4v) is 1.77. The Balaban J connectivity index is 2.11. The van der Waals surface area contributed by atoms with Crippen molar-refractivity contribution in [3.8, 4) is 0 Å². The number of nitrogens with zero attached hydrogens (tertiary/aromatic N) is 4. The molecule has 86 valence electrons. The number of nitrogens with two attached hydrogens (primary N) is 1. The van der Waals surface area contributed by atoms with E-state index < -0.39 is 0 Å². The van der Waals surface area contributed by atoms with E-state index in [1.165, 1.54) is 5.56 Å². The first kappa shape index (κ1) is 10.9. The lowest BCUT2D eigenvalue weighted by Gasteiger charge is -2.01. The van der Waals surface area contributed by atoms with Crippen LogP contribution in [0.3, 0.4) is 0 Å². The molecule has 2 rings (SSSR count). The lowest BCUT2D eigenvalue weighted by Crippen LogP contribution is -2.06. The molecule has 5 nitrogen and oxygen atoms in total. The highest BCUT2D eigenvalue weighted by Gasteiger charge is 2.04. The van der Waals surface area contributed by atoms with Crippen molar-refractivity contribution >= 4 is 0 Å². The molecule has 2 heterocycles. The van der Waals surface area contributed by atoms with Gasteiger partial charge in [0.2, 0.25) is 0 Å². The second-order valence-electron chi connectivity index (χ2n) is 3.99. The van der Waals surface area contributed by atoms with E-state index in [4.69, 9.17) is 5.73 Å². The minimum atomic E-state index is 0.663. The Morgan fingerprint density at radius 2 is 2.25 bits per heavy atom. The predicted molar refractivity (Wildman–Crippen MR) is 62.0 cm³/mol. The summed E-state index contributed by atoms with van der Waals surface area (Å²) in [5.41, 5.74) is 8.87. The summed E-state index contributed by atoms with van der Waals surface area (Å²) < 4.78 is 3.81. The van der Waals surface area contributed by atoms with Crippen LogP contribution in [0.15, 0.2) is 18.5 Å². The van der Waals surface area contributed by atoms with Gasteiger partial charge in [-0.25, -0.2) is 0 Å². The van der Waals surface area contributed by atoms with Gasteiger partial charge in [0.05, 0.1) is 24.1 Å². The summed E-state index contributed by atoms with van der Waals surface area (Å²) in [6.07, 6.45) is 4.79. The number of aromatic nitrogens is 4. The molecule has 2 aromatic rings. The van der Waals surface area contributed by atoms with E-state index in [9.17, 15) is 0 Å². The molecule has 0 unspecified atom stereocenters. The SMILES string of the molecule is Cc1cc(Cn2cc(CCN)cn2)n(C)n1. The lowest BCUT2D eigenvalue weighted by molar-refractivity contribution is 0.618. The lowest BCUT2D eigenvalue weighted by atomic mass is 10.3. The molecule has 0 bridgehead atoms. The van der Waals surface area contributed by atoms with E-state index >= 15 is 0 Å². The van der Waals surface area contributed by atoms with Crippen molar-refractivity contribution in [1.82, 2.24) is 19.6 Å². The molecule has 16 heavy (non-hydrogen) atoms. The van der Waals surface area contributed by atoms with Crippen LogP contribution in [-0.4, -0.2) is 26.1 Å². The minimum Gasteiger partial charge on any atom is -0.330 e. The largest absolute Gasteiger partial charge is 0.330 e. The molecule has 0 aromatic carbocycles. The van der Waals surface area contributed by atoms with Gasteiger partial charge in [-0.3, -0.25) is 9.36 Å². The molecule has 5 heteroatoms. The summed E-state index contributed by atoms with van der Waals surface area (Å²) in [5, 5.41) is 8.61. The Morgan fingerprint density at radius 3 is 2.88 bits per heavy atom. The Kier molecular flexibility index (Phi) is 3.05. The second kappa shape index (κ2) is 4.49. The van der Waals surface area contributed by atoms with E-state index in [1.54, 1.807) is 0 Å². The second-order valence-corrected chi connectivity index (χ2v) is 3.99. The summed E-state index contributed by atoms with van der Waals surface area (Å²) in [7, 11) is 1.95. The van der Waals surface area contributed by atoms with Crippen LogP contribution < -0.4 is 5.73 Å². The van der Waals surface area contributed by atoms with Gasteiger partial charge < -0.3 is 5.73 Å². The summed E-state index contributed by atoms with van der Waals surface area (Å²) in [5.74, 6) is 0. The highest BCUT2D eigenvalue weighted by Crippen LogP contribution is 2.05. The quantitative estimate of drug-likeness (QED) is 0.813. The molecule has 0 aliphatic carbocycles. The third-order valence-electron chi connectivity index (χ3n) is 2.54. The first-order valence-corrected chi connectivity index (χ1v) is 5.40. The highest BCUT2D eigenvalue weighted by molar-refractivity contribution is 5.10. The average molecular weight is 219 g/mol. The number of hydrogen-bond acceptors (Lipinski definition) is 3. The van der Waals surface area contributed by atoms with Crippen molar-refractivity contribution in [1.29, 1.82) is 0 Å². The first-order chi connectivity index (χ1) is 7.69.